The number of aromatic nitrogens is 2. The molecule has 0 aliphatic carbocycles. The standard InChI is InChI=1S/C10H7BrClN3O2S/c11-7-2-3-9(8(12)6-7)18(16,17)15-10-13-4-1-5-14-10/h1-6H,(H,13,14,15). The summed E-state index contributed by atoms with van der Waals surface area (Å²) in [7, 11) is -3.79. The maximum atomic E-state index is 12.0. The minimum atomic E-state index is -3.79. The highest BCUT2D eigenvalue weighted by atomic mass is 79.9. The number of sulfonamides is 1. The zero-order valence-electron chi connectivity index (χ0n) is 8.84. The first-order valence-corrected chi connectivity index (χ1v) is 7.39. The minimum absolute atomic E-state index is 0.00325. The molecule has 8 heteroatoms. The molecule has 0 radical (unpaired) electrons. The molecule has 1 aromatic carbocycles. The molecule has 0 atom stereocenters. The molecule has 18 heavy (non-hydrogen) atoms. The van der Waals surface area contributed by atoms with Crippen molar-refractivity contribution in [3.8, 4) is 0 Å². The summed E-state index contributed by atoms with van der Waals surface area (Å²) in [6.07, 6.45) is 2.88. The molecule has 0 aliphatic heterocycles. The van der Waals surface area contributed by atoms with Gasteiger partial charge in [0.15, 0.2) is 0 Å². The van der Waals surface area contributed by atoms with Crippen molar-refractivity contribution in [1.29, 1.82) is 0 Å². The van der Waals surface area contributed by atoms with Gasteiger partial charge >= 0.3 is 0 Å². The Bertz CT molecular complexity index is 664. The lowest BCUT2D eigenvalue weighted by atomic mass is 10.4. The number of anilines is 1. The van der Waals surface area contributed by atoms with Crippen LogP contribution < -0.4 is 4.72 Å². The molecule has 1 heterocycles. The lowest BCUT2D eigenvalue weighted by Gasteiger charge is -2.07. The highest BCUT2D eigenvalue weighted by Crippen LogP contribution is 2.26. The first-order chi connectivity index (χ1) is 8.49. The van der Waals surface area contributed by atoms with Crippen LogP contribution in [0.4, 0.5) is 5.95 Å². The molecular weight excluding hydrogens is 342 g/mol. The summed E-state index contributed by atoms with van der Waals surface area (Å²) in [5.41, 5.74) is 0. The van der Waals surface area contributed by atoms with Crippen LogP contribution in [0.25, 0.3) is 0 Å². The van der Waals surface area contributed by atoms with E-state index in [2.05, 4.69) is 30.6 Å². The topological polar surface area (TPSA) is 72.0 Å². The predicted molar refractivity (Wildman–Crippen MR) is 72.0 cm³/mol. The molecular formula is C10H7BrClN3O2S. The van der Waals surface area contributed by atoms with Crippen LogP contribution in [0.5, 0.6) is 0 Å². The van der Waals surface area contributed by atoms with E-state index >= 15 is 0 Å². The first kappa shape index (κ1) is 13.3. The third kappa shape index (κ3) is 2.98. The van der Waals surface area contributed by atoms with E-state index in [-0.39, 0.29) is 15.9 Å². The summed E-state index contributed by atoms with van der Waals surface area (Å²) in [5, 5.41) is 0.118. The zero-order chi connectivity index (χ0) is 13.2. The monoisotopic (exact) mass is 347 g/mol. The van der Waals surface area contributed by atoms with Gasteiger partial charge in [-0.15, -0.1) is 0 Å². The van der Waals surface area contributed by atoms with E-state index in [0.717, 1.165) is 0 Å². The lowest BCUT2D eigenvalue weighted by Crippen LogP contribution is -2.15. The van der Waals surface area contributed by atoms with Crippen LogP contribution in [-0.4, -0.2) is 18.4 Å². The van der Waals surface area contributed by atoms with Gasteiger partial charge in [0.05, 0.1) is 5.02 Å². The smallest absolute Gasteiger partial charge is 0.247 e. The molecule has 0 saturated heterocycles. The van der Waals surface area contributed by atoms with Crippen LogP contribution in [-0.2, 0) is 10.0 Å². The molecule has 0 spiro atoms. The number of nitrogens with one attached hydrogen (secondary N) is 1. The van der Waals surface area contributed by atoms with Crippen molar-refractivity contribution in [3.63, 3.8) is 0 Å². The third-order valence-corrected chi connectivity index (χ3v) is 4.28. The number of hydrogen-bond acceptors (Lipinski definition) is 4. The molecule has 0 fully saturated rings. The number of rotatable bonds is 3. The van der Waals surface area contributed by atoms with E-state index in [1.807, 2.05) is 0 Å². The quantitative estimate of drug-likeness (QED) is 0.925. The van der Waals surface area contributed by atoms with Gasteiger partial charge in [-0.2, -0.15) is 0 Å². The molecule has 1 N–H and O–H groups in total. The Morgan fingerprint density at radius 1 is 1.22 bits per heavy atom. The van der Waals surface area contributed by atoms with Crippen LogP contribution in [0.15, 0.2) is 46.0 Å². The second-order valence-corrected chi connectivity index (χ2v) is 6.23. The van der Waals surface area contributed by atoms with Crippen molar-refractivity contribution in [2.24, 2.45) is 0 Å². The summed E-state index contributed by atoms with van der Waals surface area (Å²) in [6.45, 7) is 0. The Hall–Kier alpha value is -1.18. The van der Waals surface area contributed by atoms with Crippen molar-refractivity contribution in [2.75, 3.05) is 4.72 Å². The SMILES string of the molecule is O=S(=O)(Nc1ncccn1)c1ccc(Br)cc1Cl. The predicted octanol–water partition coefficient (Wildman–Crippen LogP) is 2.69. The van der Waals surface area contributed by atoms with Gasteiger partial charge in [-0.3, -0.25) is 0 Å². The zero-order valence-corrected chi connectivity index (χ0v) is 12.0. The normalized spacial score (nSPS) is 11.2. The van der Waals surface area contributed by atoms with Gasteiger partial charge < -0.3 is 0 Å². The molecule has 5 nitrogen and oxygen atoms in total. The number of benzene rings is 1. The highest BCUT2D eigenvalue weighted by Gasteiger charge is 2.19. The van der Waals surface area contributed by atoms with Crippen molar-refractivity contribution < 1.29 is 8.42 Å². The molecule has 0 bridgehead atoms. The highest BCUT2D eigenvalue weighted by molar-refractivity contribution is 9.10. The molecule has 0 saturated carbocycles. The lowest BCUT2D eigenvalue weighted by molar-refractivity contribution is 0.601. The van der Waals surface area contributed by atoms with Crippen molar-refractivity contribution in [1.82, 2.24) is 9.97 Å². The molecule has 2 aromatic rings. The van der Waals surface area contributed by atoms with E-state index in [1.165, 1.54) is 24.5 Å². The average molecular weight is 349 g/mol. The van der Waals surface area contributed by atoms with Crippen LogP contribution in [0.3, 0.4) is 0 Å². The second kappa shape index (κ2) is 5.21. The molecule has 0 unspecified atom stereocenters. The largest absolute Gasteiger partial charge is 0.265 e. The molecule has 0 amide bonds. The Balaban J connectivity index is 2.37. The van der Waals surface area contributed by atoms with Crippen molar-refractivity contribution in [3.05, 3.63) is 46.2 Å². The van der Waals surface area contributed by atoms with E-state index in [1.54, 1.807) is 12.1 Å². The van der Waals surface area contributed by atoms with Gasteiger partial charge in [-0.05, 0) is 24.3 Å². The van der Waals surface area contributed by atoms with Crippen molar-refractivity contribution in [2.45, 2.75) is 4.90 Å². The number of nitrogens with zero attached hydrogens (tertiary/aromatic N) is 2. The third-order valence-electron chi connectivity index (χ3n) is 1.97. The Morgan fingerprint density at radius 2 is 1.89 bits per heavy atom. The summed E-state index contributed by atoms with van der Waals surface area (Å²) in [6, 6.07) is 6.08. The van der Waals surface area contributed by atoms with Gasteiger partial charge in [-0.25, -0.2) is 23.1 Å². The summed E-state index contributed by atoms with van der Waals surface area (Å²) in [5.74, 6) is -0.00325. The van der Waals surface area contributed by atoms with Gasteiger partial charge in [0, 0.05) is 16.9 Å². The number of hydrogen-bond donors (Lipinski definition) is 1. The maximum absolute atomic E-state index is 12.0. The second-order valence-electron chi connectivity index (χ2n) is 3.25. The van der Waals surface area contributed by atoms with Crippen LogP contribution in [0.2, 0.25) is 5.02 Å². The van der Waals surface area contributed by atoms with Gasteiger partial charge in [-0.1, -0.05) is 27.5 Å². The number of halogens is 2. The van der Waals surface area contributed by atoms with Crippen LogP contribution in [0, 0.1) is 0 Å². The Morgan fingerprint density at radius 3 is 2.50 bits per heavy atom. The average Bonchev–Trinajstić information content (AvgIpc) is 2.29. The van der Waals surface area contributed by atoms with Gasteiger partial charge in [0.1, 0.15) is 4.90 Å². The molecule has 1 aromatic heterocycles. The summed E-state index contributed by atoms with van der Waals surface area (Å²) >= 11 is 9.10. The van der Waals surface area contributed by atoms with Crippen LogP contribution in [0.1, 0.15) is 0 Å². The molecule has 2 rings (SSSR count). The van der Waals surface area contributed by atoms with Crippen LogP contribution >= 0.6 is 27.5 Å². The Labute approximate surface area is 117 Å². The fourth-order valence-electron chi connectivity index (χ4n) is 1.22. The maximum Gasteiger partial charge on any atom is 0.265 e. The molecule has 0 aliphatic rings. The molecule has 94 valence electrons. The van der Waals surface area contributed by atoms with E-state index in [0.29, 0.717) is 4.47 Å². The summed E-state index contributed by atoms with van der Waals surface area (Å²) < 4.78 is 27.0. The van der Waals surface area contributed by atoms with E-state index < -0.39 is 10.0 Å². The van der Waals surface area contributed by atoms with E-state index in [9.17, 15) is 8.42 Å². The van der Waals surface area contributed by atoms with Gasteiger partial charge in [0.2, 0.25) is 5.95 Å². The summed E-state index contributed by atoms with van der Waals surface area (Å²) in [4.78, 5) is 7.54. The fraction of sp³-hybridized carbons (Fsp3) is 0. The fourth-order valence-corrected chi connectivity index (χ4v) is 3.22. The minimum Gasteiger partial charge on any atom is -0.247 e. The first-order valence-electron chi connectivity index (χ1n) is 4.74. The van der Waals surface area contributed by atoms with Gasteiger partial charge in [0.25, 0.3) is 10.0 Å². The van der Waals surface area contributed by atoms with Crippen molar-refractivity contribution >= 4 is 43.5 Å². The van der Waals surface area contributed by atoms with E-state index in [4.69, 9.17) is 11.6 Å². The Kier molecular flexibility index (Phi) is 3.84.